The highest BCUT2D eigenvalue weighted by atomic mass is 15.2. The number of para-hydroxylation sites is 4. The molecule has 8 aromatic rings. The molecule has 0 radical (unpaired) electrons. The lowest BCUT2D eigenvalue weighted by Crippen LogP contribution is -2.18. The standard InChI is InChI=1S/C34H21N5/c1-2-12-28-24(10-1)26-16-17-27-25-11-5-15-31-32(25)39(34(27)33(26)38(28)23-9-7-19-36-21-23)30-14-4-3-13-29(30)37(31)22-8-6-18-35-20-22/h1-21H. The summed E-state index contributed by atoms with van der Waals surface area (Å²) in [5.74, 6) is 0. The molecule has 0 fully saturated rings. The predicted molar refractivity (Wildman–Crippen MR) is 159 cm³/mol. The van der Waals surface area contributed by atoms with Crippen LogP contribution in [0.1, 0.15) is 0 Å². The van der Waals surface area contributed by atoms with Gasteiger partial charge in [0.2, 0.25) is 0 Å². The lowest BCUT2D eigenvalue weighted by atomic mass is 10.1. The molecule has 0 unspecified atom stereocenters. The highest BCUT2D eigenvalue weighted by molar-refractivity contribution is 6.26. The van der Waals surface area contributed by atoms with Gasteiger partial charge in [-0.3, -0.25) is 9.97 Å². The monoisotopic (exact) mass is 499 g/mol. The van der Waals surface area contributed by atoms with Crippen molar-refractivity contribution >= 4 is 60.7 Å². The van der Waals surface area contributed by atoms with Crippen molar-refractivity contribution in [3.8, 4) is 11.4 Å². The van der Waals surface area contributed by atoms with Crippen LogP contribution in [0.4, 0.5) is 17.1 Å². The van der Waals surface area contributed by atoms with E-state index in [0.717, 1.165) is 28.4 Å². The Bertz CT molecular complexity index is 2230. The summed E-state index contributed by atoms with van der Waals surface area (Å²) in [5.41, 5.74) is 10.3. The van der Waals surface area contributed by atoms with Gasteiger partial charge in [-0.05, 0) is 48.5 Å². The van der Waals surface area contributed by atoms with Crippen molar-refractivity contribution in [3.63, 3.8) is 0 Å². The van der Waals surface area contributed by atoms with E-state index < -0.39 is 0 Å². The third-order valence-electron chi connectivity index (χ3n) is 7.97. The molecule has 5 heteroatoms. The molecule has 39 heavy (non-hydrogen) atoms. The predicted octanol–water partition coefficient (Wildman–Crippen LogP) is 8.45. The molecule has 0 spiro atoms. The first-order valence-corrected chi connectivity index (χ1v) is 13.1. The van der Waals surface area contributed by atoms with Crippen LogP contribution in [0.25, 0.3) is 55.0 Å². The summed E-state index contributed by atoms with van der Waals surface area (Å²) in [4.78, 5) is 11.3. The largest absolute Gasteiger partial charge is 0.306 e. The Morgan fingerprint density at radius 2 is 1.03 bits per heavy atom. The van der Waals surface area contributed by atoms with Gasteiger partial charge < -0.3 is 14.0 Å². The Morgan fingerprint density at radius 1 is 0.410 bits per heavy atom. The van der Waals surface area contributed by atoms with Gasteiger partial charge in [0.25, 0.3) is 0 Å². The molecule has 0 saturated heterocycles. The van der Waals surface area contributed by atoms with E-state index in [1.165, 1.54) is 43.6 Å². The van der Waals surface area contributed by atoms with Crippen molar-refractivity contribution in [2.24, 2.45) is 0 Å². The second kappa shape index (κ2) is 7.55. The minimum atomic E-state index is 1.04. The first-order valence-electron chi connectivity index (χ1n) is 13.1. The molecule has 1 aliphatic heterocycles. The highest BCUT2D eigenvalue weighted by Crippen LogP contribution is 2.51. The fraction of sp³-hybridized carbons (Fsp3) is 0. The van der Waals surface area contributed by atoms with Gasteiger partial charge in [0.1, 0.15) is 0 Å². The van der Waals surface area contributed by atoms with E-state index in [-0.39, 0.29) is 0 Å². The van der Waals surface area contributed by atoms with Crippen molar-refractivity contribution in [1.82, 2.24) is 19.1 Å². The molecule has 9 rings (SSSR count). The zero-order chi connectivity index (χ0) is 25.5. The van der Waals surface area contributed by atoms with Gasteiger partial charge in [-0.2, -0.15) is 0 Å². The summed E-state index contributed by atoms with van der Waals surface area (Å²) in [7, 11) is 0. The fourth-order valence-electron chi connectivity index (χ4n) is 6.49. The lowest BCUT2D eigenvalue weighted by Gasteiger charge is -2.32. The Kier molecular flexibility index (Phi) is 3.99. The van der Waals surface area contributed by atoms with Crippen molar-refractivity contribution in [3.05, 3.63) is 128 Å². The molecule has 4 aromatic heterocycles. The second-order valence-corrected chi connectivity index (χ2v) is 9.97. The summed E-state index contributed by atoms with van der Waals surface area (Å²) < 4.78 is 4.84. The molecule has 1 aliphatic rings. The second-order valence-electron chi connectivity index (χ2n) is 9.97. The average molecular weight is 500 g/mol. The van der Waals surface area contributed by atoms with Crippen LogP contribution in [0.15, 0.2) is 128 Å². The summed E-state index contributed by atoms with van der Waals surface area (Å²) in [6, 6.07) is 36.8. The lowest BCUT2D eigenvalue weighted by molar-refractivity contribution is 1.10. The van der Waals surface area contributed by atoms with Crippen LogP contribution in [-0.2, 0) is 0 Å². The average Bonchev–Trinajstić information content (AvgIpc) is 3.53. The summed E-state index contributed by atoms with van der Waals surface area (Å²) in [6.07, 6.45) is 7.54. The topological polar surface area (TPSA) is 38.9 Å². The Labute approximate surface area is 223 Å². The van der Waals surface area contributed by atoms with Gasteiger partial charge in [0, 0.05) is 33.9 Å². The van der Waals surface area contributed by atoms with Crippen LogP contribution in [0.5, 0.6) is 0 Å². The maximum absolute atomic E-state index is 4.48. The van der Waals surface area contributed by atoms with Gasteiger partial charge >= 0.3 is 0 Å². The van der Waals surface area contributed by atoms with Crippen LogP contribution in [0.3, 0.4) is 0 Å². The molecule has 4 aromatic carbocycles. The molecular weight excluding hydrogens is 478 g/mol. The fourth-order valence-corrected chi connectivity index (χ4v) is 6.49. The quantitative estimate of drug-likeness (QED) is 0.239. The molecular formula is C34H21N5. The van der Waals surface area contributed by atoms with Crippen molar-refractivity contribution in [1.29, 1.82) is 0 Å². The third kappa shape index (κ3) is 2.63. The van der Waals surface area contributed by atoms with Gasteiger partial charge in [-0.25, -0.2) is 0 Å². The summed E-state index contributed by atoms with van der Waals surface area (Å²) in [5, 5.41) is 4.93. The highest BCUT2D eigenvalue weighted by Gasteiger charge is 2.30. The molecule has 182 valence electrons. The number of hydrogen-bond donors (Lipinski definition) is 0. The molecule has 0 saturated carbocycles. The first-order chi connectivity index (χ1) is 19.4. The number of aromatic nitrogens is 4. The number of nitrogens with zero attached hydrogens (tertiary/aromatic N) is 5. The zero-order valence-electron chi connectivity index (χ0n) is 20.9. The number of anilines is 3. The van der Waals surface area contributed by atoms with Gasteiger partial charge in [0.05, 0.1) is 62.9 Å². The van der Waals surface area contributed by atoms with Gasteiger partial charge in [-0.1, -0.05) is 54.6 Å². The van der Waals surface area contributed by atoms with Crippen LogP contribution in [0, 0.1) is 0 Å². The van der Waals surface area contributed by atoms with E-state index in [9.17, 15) is 0 Å². The van der Waals surface area contributed by atoms with Crippen molar-refractivity contribution in [2.75, 3.05) is 4.90 Å². The maximum Gasteiger partial charge on any atom is 0.0790 e. The first kappa shape index (κ1) is 20.6. The molecule has 0 amide bonds. The van der Waals surface area contributed by atoms with Crippen LogP contribution in [-0.4, -0.2) is 19.1 Å². The number of pyridine rings is 2. The minimum Gasteiger partial charge on any atom is -0.306 e. The summed E-state index contributed by atoms with van der Waals surface area (Å²) in [6.45, 7) is 0. The smallest absolute Gasteiger partial charge is 0.0790 e. The van der Waals surface area contributed by atoms with Crippen LogP contribution < -0.4 is 4.90 Å². The summed E-state index contributed by atoms with van der Waals surface area (Å²) >= 11 is 0. The van der Waals surface area contributed by atoms with E-state index in [1.54, 1.807) is 0 Å². The molecule has 5 heterocycles. The van der Waals surface area contributed by atoms with E-state index in [1.807, 2.05) is 36.9 Å². The molecule has 0 bridgehead atoms. The Morgan fingerprint density at radius 3 is 1.82 bits per heavy atom. The van der Waals surface area contributed by atoms with E-state index in [0.29, 0.717) is 0 Å². The minimum absolute atomic E-state index is 1.04. The van der Waals surface area contributed by atoms with E-state index in [4.69, 9.17) is 0 Å². The van der Waals surface area contributed by atoms with E-state index >= 15 is 0 Å². The van der Waals surface area contributed by atoms with Gasteiger partial charge in [0.15, 0.2) is 0 Å². The van der Waals surface area contributed by atoms with E-state index in [2.05, 4.69) is 115 Å². The Hall–Kier alpha value is -5.42. The SMILES string of the molecule is c1cncc(N2c3ccccc3-n3c4c2cccc4c2ccc4c5ccccc5n(-c5cccnc5)c4c23)c1. The number of hydrogen-bond acceptors (Lipinski definition) is 3. The molecule has 0 N–H and O–H groups in total. The number of fused-ring (bicyclic) bond motifs is 9. The van der Waals surface area contributed by atoms with Gasteiger partial charge in [-0.15, -0.1) is 0 Å². The van der Waals surface area contributed by atoms with Crippen LogP contribution in [0.2, 0.25) is 0 Å². The Balaban J connectivity index is 1.54. The normalized spacial score (nSPS) is 12.6. The number of benzene rings is 4. The maximum atomic E-state index is 4.48. The molecule has 0 atom stereocenters. The molecule has 0 aliphatic carbocycles. The zero-order valence-corrected chi connectivity index (χ0v) is 20.9. The van der Waals surface area contributed by atoms with Crippen molar-refractivity contribution in [2.45, 2.75) is 0 Å². The molecule has 5 nitrogen and oxygen atoms in total. The third-order valence-corrected chi connectivity index (χ3v) is 7.97. The van der Waals surface area contributed by atoms with Crippen molar-refractivity contribution < 1.29 is 0 Å². The number of rotatable bonds is 2. The van der Waals surface area contributed by atoms with Crippen LogP contribution >= 0.6 is 0 Å².